The molecular weight excluding hydrogens is 683 g/mol. The zero-order chi connectivity index (χ0) is 31.2. The van der Waals surface area contributed by atoms with Gasteiger partial charge in [0.05, 0.1) is 17.2 Å². The smallest absolute Gasteiger partial charge is 0.252 e. The van der Waals surface area contributed by atoms with E-state index in [1.807, 2.05) is 6.07 Å². The summed E-state index contributed by atoms with van der Waals surface area (Å²) >= 11 is 2.07. The summed E-state index contributed by atoms with van der Waals surface area (Å²) < 4.78 is 28.1. The summed E-state index contributed by atoms with van der Waals surface area (Å²) in [5, 5.41) is 23.1. The van der Waals surface area contributed by atoms with Crippen molar-refractivity contribution in [2.24, 2.45) is 0 Å². The molecule has 3 aliphatic rings. The van der Waals surface area contributed by atoms with Gasteiger partial charge in [-0.15, -0.1) is 0 Å². The number of pyridine rings is 1. The maximum atomic E-state index is 14.8. The molecule has 0 radical (unpaired) electrons. The number of rotatable bonds is 8. The minimum absolute atomic E-state index is 0.0411. The van der Waals surface area contributed by atoms with E-state index >= 15 is 0 Å². The number of aliphatic hydroxyl groups is 1. The number of alkyl halides is 2. The average Bonchev–Trinajstić information content (AvgIpc) is 3.63. The van der Waals surface area contributed by atoms with Crippen molar-refractivity contribution in [3.8, 4) is 6.07 Å². The summed E-state index contributed by atoms with van der Waals surface area (Å²) in [6.07, 6.45) is 1.65. The Morgan fingerprint density at radius 2 is 1.89 bits per heavy atom. The second kappa shape index (κ2) is 11.5. The van der Waals surface area contributed by atoms with Crippen molar-refractivity contribution in [2.75, 3.05) is 9.80 Å². The predicted octanol–water partition coefficient (Wildman–Crippen LogP) is 4.72. The Kier molecular flexibility index (Phi) is 7.87. The molecule has 1 saturated heterocycles. The highest BCUT2D eigenvalue weighted by atomic mass is 127. The Labute approximate surface area is 266 Å². The van der Waals surface area contributed by atoms with Crippen LogP contribution in [0.5, 0.6) is 0 Å². The minimum atomic E-state index is -2.87. The van der Waals surface area contributed by atoms with Crippen molar-refractivity contribution in [2.45, 2.75) is 68.2 Å². The number of nitriles is 1. The first-order valence-electron chi connectivity index (χ1n) is 14.3. The van der Waals surface area contributed by atoms with Crippen molar-refractivity contribution in [3.05, 3.63) is 87.1 Å². The van der Waals surface area contributed by atoms with Crippen LogP contribution in [0.15, 0.2) is 66.9 Å². The molecule has 2 atom stereocenters. The van der Waals surface area contributed by atoms with Crippen LogP contribution >= 0.6 is 22.6 Å². The Bertz CT molecular complexity index is 1680. The standard InChI is InChI=1S/C32H28F2IN5O4/c33-32(34)16-21(17-32)38-29(42)28(23-6-1-2-7-24(23)35)39(22-5-3-4-20(15-22)31(44)11-12-31)30(43)25-8-9-27(41)40(25)26-14-19(18-36)10-13-37-26/h1-7,10,13-15,21,25,28,44H,8-9,11-12,16-17H2,(H,38,42)/t25-,28-/m0/s1. The fourth-order valence-corrected chi connectivity index (χ4v) is 6.56. The molecule has 2 saturated carbocycles. The van der Waals surface area contributed by atoms with E-state index in [4.69, 9.17) is 0 Å². The van der Waals surface area contributed by atoms with Gasteiger partial charge in [0.2, 0.25) is 11.8 Å². The molecule has 44 heavy (non-hydrogen) atoms. The zero-order valence-corrected chi connectivity index (χ0v) is 25.6. The highest BCUT2D eigenvalue weighted by Gasteiger charge is 2.49. The lowest BCUT2D eigenvalue weighted by Crippen LogP contribution is -2.56. The van der Waals surface area contributed by atoms with Gasteiger partial charge in [-0.3, -0.25) is 24.2 Å². The molecule has 2 aliphatic carbocycles. The van der Waals surface area contributed by atoms with E-state index < -0.39 is 54.3 Å². The molecule has 6 rings (SSSR count). The van der Waals surface area contributed by atoms with Crippen LogP contribution in [0.3, 0.4) is 0 Å². The third-order valence-corrected chi connectivity index (χ3v) is 9.37. The number of carbonyl (C=O) groups is 3. The maximum absolute atomic E-state index is 14.8. The summed E-state index contributed by atoms with van der Waals surface area (Å²) in [6, 6.07) is 15.6. The first-order valence-corrected chi connectivity index (χ1v) is 15.3. The van der Waals surface area contributed by atoms with Crippen LogP contribution in [0.4, 0.5) is 20.3 Å². The third-order valence-electron chi connectivity index (χ3n) is 8.38. The van der Waals surface area contributed by atoms with E-state index in [9.17, 15) is 33.5 Å². The fraction of sp³-hybridized carbons (Fsp3) is 0.344. The Balaban J connectivity index is 1.47. The van der Waals surface area contributed by atoms with Gasteiger partial charge in [0.25, 0.3) is 11.8 Å². The summed E-state index contributed by atoms with van der Waals surface area (Å²) in [4.78, 5) is 48.9. The van der Waals surface area contributed by atoms with Gasteiger partial charge in [0.1, 0.15) is 17.9 Å². The molecule has 3 fully saturated rings. The van der Waals surface area contributed by atoms with Crippen molar-refractivity contribution in [3.63, 3.8) is 0 Å². The van der Waals surface area contributed by atoms with Gasteiger partial charge in [-0.1, -0.05) is 30.3 Å². The highest BCUT2D eigenvalue weighted by Crippen LogP contribution is 2.47. The number of carbonyl (C=O) groups excluding carboxylic acids is 3. The van der Waals surface area contributed by atoms with Gasteiger partial charge in [-0.05, 0) is 83.3 Å². The maximum Gasteiger partial charge on any atom is 0.252 e. The lowest BCUT2D eigenvalue weighted by atomic mass is 9.87. The van der Waals surface area contributed by atoms with Gasteiger partial charge in [-0.25, -0.2) is 13.8 Å². The number of benzene rings is 2. The van der Waals surface area contributed by atoms with Crippen LogP contribution < -0.4 is 15.1 Å². The van der Waals surface area contributed by atoms with E-state index in [0.717, 1.165) is 0 Å². The molecule has 0 bridgehead atoms. The SMILES string of the molecule is N#Cc1ccnc(N2C(=O)CC[C@H]2C(=O)N(c2cccc(C3(O)CC3)c2)[C@H](C(=O)NC2CC(F)(F)C2)c2ccccc2I)c1. The molecule has 12 heteroatoms. The number of halogens is 3. The molecule has 2 aromatic carbocycles. The monoisotopic (exact) mass is 711 g/mol. The number of anilines is 2. The molecule has 9 nitrogen and oxygen atoms in total. The minimum Gasteiger partial charge on any atom is -0.385 e. The molecule has 226 valence electrons. The number of aromatic nitrogens is 1. The Morgan fingerprint density at radius 3 is 2.57 bits per heavy atom. The molecule has 3 amide bonds. The average molecular weight is 712 g/mol. The van der Waals surface area contributed by atoms with Crippen molar-refractivity contribution in [1.29, 1.82) is 5.26 Å². The van der Waals surface area contributed by atoms with Crippen LogP contribution in [0.1, 0.15) is 61.3 Å². The largest absolute Gasteiger partial charge is 0.385 e. The van der Waals surface area contributed by atoms with Gasteiger partial charge in [0.15, 0.2) is 0 Å². The first kappa shape index (κ1) is 30.1. The quantitative estimate of drug-likeness (QED) is 0.326. The summed E-state index contributed by atoms with van der Waals surface area (Å²) in [7, 11) is 0. The molecule has 0 spiro atoms. The topological polar surface area (TPSA) is 127 Å². The van der Waals surface area contributed by atoms with Gasteiger partial charge < -0.3 is 10.4 Å². The van der Waals surface area contributed by atoms with Crippen LogP contribution in [0.2, 0.25) is 0 Å². The third kappa shape index (κ3) is 5.78. The number of nitrogens with one attached hydrogen (secondary N) is 1. The molecule has 1 aromatic heterocycles. The molecule has 3 aromatic rings. The van der Waals surface area contributed by atoms with Gasteiger partial charge in [0, 0.05) is 40.8 Å². The van der Waals surface area contributed by atoms with Gasteiger partial charge >= 0.3 is 0 Å². The lowest BCUT2D eigenvalue weighted by Gasteiger charge is -2.39. The second-order valence-corrected chi connectivity index (χ2v) is 12.7. The molecular formula is C32H28F2IN5O4. The fourth-order valence-electron chi connectivity index (χ4n) is 5.88. The zero-order valence-electron chi connectivity index (χ0n) is 23.4. The number of hydrogen-bond acceptors (Lipinski definition) is 6. The number of hydrogen-bond donors (Lipinski definition) is 2. The van der Waals surface area contributed by atoms with E-state index in [-0.39, 0.29) is 30.1 Å². The normalized spacial score (nSPS) is 20.8. The Morgan fingerprint density at radius 1 is 1.14 bits per heavy atom. The first-order chi connectivity index (χ1) is 21.0. The summed E-state index contributed by atoms with van der Waals surface area (Å²) in [5.74, 6) is -4.32. The summed E-state index contributed by atoms with van der Waals surface area (Å²) in [6.45, 7) is 0. The van der Waals surface area contributed by atoms with Crippen LogP contribution in [-0.4, -0.2) is 45.8 Å². The van der Waals surface area contributed by atoms with Crippen molar-refractivity contribution in [1.82, 2.24) is 10.3 Å². The van der Waals surface area contributed by atoms with Crippen LogP contribution in [0, 0.1) is 14.9 Å². The van der Waals surface area contributed by atoms with Crippen LogP contribution in [0.25, 0.3) is 0 Å². The number of nitrogens with zero attached hydrogens (tertiary/aromatic N) is 4. The van der Waals surface area contributed by atoms with E-state index in [2.05, 4.69) is 32.9 Å². The molecule has 0 unspecified atom stereocenters. The van der Waals surface area contributed by atoms with Crippen molar-refractivity contribution >= 4 is 51.8 Å². The molecule has 1 aliphatic heterocycles. The lowest BCUT2D eigenvalue weighted by molar-refractivity contribution is -0.133. The van der Waals surface area contributed by atoms with E-state index in [1.165, 1.54) is 28.1 Å². The molecule has 2 heterocycles. The molecule has 2 N–H and O–H groups in total. The Hall–Kier alpha value is -3.96. The van der Waals surface area contributed by atoms with E-state index in [1.54, 1.807) is 48.5 Å². The predicted molar refractivity (Wildman–Crippen MR) is 165 cm³/mol. The van der Waals surface area contributed by atoms with E-state index in [0.29, 0.717) is 33.2 Å². The highest BCUT2D eigenvalue weighted by molar-refractivity contribution is 14.1. The van der Waals surface area contributed by atoms with Crippen LogP contribution in [-0.2, 0) is 20.0 Å². The number of amides is 3. The van der Waals surface area contributed by atoms with Gasteiger partial charge in [-0.2, -0.15) is 5.26 Å². The van der Waals surface area contributed by atoms with Crippen molar-refractivity contribution < 1.29 is 28.3 Å². The second-order valence-electron chi connectivity index (χ2n) is 11.5. The summed E-state index contributed by atoms with van der Waals surface area (Å²) in [5.41, 5.74) is 0.580.